The highest BCUT2D eigenvalue weighted by Crippen LogP contribution is 2.29. The summed E-state index contributed by atoms with van der Waals surface area (Å²) in [6.07, 6.45) is 3.44. The van der Waals surface area contributed by atoms with E-state index in [0.29, 0.717) is 17.6 Å². The molecule has 2 unspecified atom stereocenters. The number of nitrogens with zero attached hydrogens (tertiary/aromatic N) is 3. The number of hydrogen-bond donors (Lipinski definition) is 0. The second-order valence-corrected chi connectivity index (χ2v) is 6.41. The first-order valence-corrected chi connectivity index (χ1v) is 8.15. The molecule has 0 N–H and O–H groups in total. The van der Waals surface area contributed by atoms with Crippen LogP contribution in [0.25, 0.3) is 11.0 Å². The normalized spacial score (nSPS) is 23.0. The average molecular weight is 330 g/mol. The van der Waals surface area contributed by atoms with Crippen molar-refractivity contribution in [2.45, 2.75) is 51.1 Å². The van der Waals surface area contributed by atoms with Gasteiger partial charge in [-0.25, -0.2) is 14.1 Å². The fourth-order valence-electron chi connectivity index (χ4n) is 3.26. The molecule has 2 heterocycles. The zero-order valence-electron chi connectivity index (χ0n) is 12.1. The molecule has 21 heavy (non-hydrogen) atoms. The molecule has 0 bridgehead atoms. The number of benzene rings is 1. The van der Waals surface area contributed by atoms with Crippen molar-refractivity contribution in [2.75, 3.05) is 5.01 Å². The van der Waals surface area contributed by atoms with Crippen molar-refractivity contribution in [3.05, 3.63) is 28.8 Å². The van der Waals surface area contributed by atoms with E-state index in [4.69, 9.17) is 23.2 Å². The molecule has 1 aromatic heterocycles. The molecule has 2 aromatic rings. The number of fused-ring (bicyclic) bond motifs is 1. The molecule has 0 radical (unpaired) electrons. The Hall–Kier alpha value is -1.00. The van der Waals surface area contributed by atoms with Gasteiger partial charge in [0.05, 0.1) is 21.9 Å². The summed E-state index contributed by atoms with van der Waals surface area (Å²) in [5.41, 5.74) is 1.41. The molecule has 6 heteroatoms. The van der Waals surface area contributed by atoms with E-state index in [1.54, 1.807) is 6.07 Å². The summed E-state index contributed by atoms with van der Waals surface area (Å²) in [7, 11) is 0. The molecule has 1 aliphatic heterocycles. The van der Waals surface area contributed by atoms with Crippen LogP contribution in [-0.2, 0) is 5.88 Å². The van der Waals surface area contributed by atoms with E-state index in [1.807, 2.05) is 4.68 Å². The van der Waals surface area contributed by atoms with Gasteiger partial charge in [-0.2, -0.15) is 0 Å². The first-order chi connectivity index (χ1) is 10.0. The maximum Gasteiger partial charge on any atom is 0.144 e. The second-order valence-electron chi connectivity index (χ2n) is 5.74. The molecule has 1 aromatic carbocycles. The van der Waals surface area contributed by atoms with Crippen molar-refractivity contribution in [3.8, 4) is 0 Å². The summed E-state index contributed by atoms with van der Waals surface area (Å²) >= 11 is 11.9. The minimum Gasteiger partial charge on any atom is -0.305 e. The summed E-state index contributed by atoms with van der Waals surface area (Å²) in [6.45, 7) is 4.37. The van der Waals surface area contributed by atoms with Crippen LogP contribution in [-0.4, -0.2) is 21.7 Å². The van der Waals surface area contributed by atoms with Gasteiger partial charge in [0.2, 0.25) is 0 Å². The van der Waals surface area contributed by atoms with Gasteiger partial charge in [0, 0.05) is 18.2 Å². The quantitative estimate of drug-likeness (QED) is 0.758. The SMILES string of the molecule is CC1CCCC(C)N1n1c(CCl)nc2cc(Cl)c(F)cc21. The van der Waals surface area contributed by atoms with Gasteiger partial charge in [-0.15, -0.1) is 11.6 Å². The molecule has 3 rings (SSSR count). The predicted molar refractivity (Wildman–Crippen MR) is 85.3 cm³/mol. The molecule has 0 amide bonds. The van der Waals surface area contributed by atoms with E-state index >= 15 is 0 Å². The van der Waals surface area contributed by atoms with Crippen molar-refractivity contribution in [3.63, 3.8) is 0 Å². The van der Waals surface area contributed by atoms with E-state index in [0.717, 1.165) is 24.2 Å². The number of aromatic nitrogens is 2. The minimum atomic E-state index is -0.427. The first-order valence-electron chi connectivity index (χ1n) is 7.24. The van der Waals surface area contributed by atoms with Crippen LogP contribution in [0.4, 0.5) is 4.39 Å². The third-order valence-corrected chi connectivity index (χ3v) is 4.77. The third-order valence-electron chi connectivity index (χ3n) is 4.24. The maximum absolute atomic E-state index is 13.9. The molecule has 0 saturated carbocycles. The third kappa shape index (κ3) is 2.49. The molecule has 1 aliphatic rings. The fourth-order valence-corrected chi connectivity index (χ4v) is 3.59. The minimum absolute atomic E-state index is 0.0908. The molecule has 114 valence electrons. The van der Waals surface area contributed by atoms with Gasteiger partial charge in [-0.05, 0) is 39.2 Å². The lowest BCUT2D eigenvalue weighted by Gasteiger charge is -2.42. The summed E-state index contributed by atoms with van der Waals surface area (Å²) in [5, 5.41) is 2.36. The number of piperidine rings is 1. The maximum atomic E-state index is 13.9. The summed E-state index contributed by atoms with van der Waals surface area (Å²) < 4.78 is 15.9. The van der Waals surface area contributed by atoms with E-state index in [-0.39, 0.29) is 10.9 Å². The Morgan fingerprint density at radius 3 is 2.57 bits per heavy atom. The largest absolute Gasteiger partial charge is 0.305 e. The highest BCUT2D eigenvalue weighted by atomic mass is 35.5. The first kappa shape index (κ1) is 14.9. The lowest BCUT2D eigenvalue weighted by atomic mass is 10.00. The Balaban J connectivity index is 2.22. The number of imidazole rings is 1. The zero-order valence-corrected chi connectivity index (χ0v) is 13.6. The van der Waals surface area contributed by atoms with Crippen molar-refractivity contribution < 1.29 is 4.39 Å². The molecule has 1 fully saturated rings. The van der Waals surface area contributed by atoms with Gasteiger partial charge >= 0.3 is 0 Å². The summed E-state index contributed by atoms with van der Waals surface area (Å²) in [4.78, 5) is 4.52. The highest BCUT2D eigenvalue weighted by molar-refractivity contribution is 6.31. The standard InChI is InChI=1S/C15H18Cl2FN3/c1-9-4-3-5-10(2)20(9)21-14-7-12(18)11(17)6-13(14)19-15(21)8-16/h6-7,9-10H,3-5,8H2,1-2H3. The van der Waals surface area contributed by atoms with Crippen LogP contribution in [0.15, 0.2) is 12.1 Å². The molecular weight excluding hydrogens is 312 g/mol. The molecule has 0 aliphatic carbocycles. The van der Waals surface area contributed by atoms with Crippen LogP contribution in [0.3, 0.4) is 0 Å². The molecule has 2 atom stereocenters. The second kappa shape index (κ2) is 5.65. The number of hydrogen-bond acceptors (Lipinski definition) is 2. The zero-order chi connectivity index (χ0) is 15.1. The number of rotatable bonds is 2. The summed E-state index contributed by atoms with van der Waals surface area (Å²) in [6, 6.07) is 3.76. The molecule has 3 nitrogen and oxygen atoms in total. The molecule has 0 spiro atoms. The van der Waals surface area contributed by atoms with E-state index in [9.17, 15) is 4.39 Å². The van der Waals surface area contributed by atoms with Gasteiger partial charge in [-0.3, -0.25) is 0 Å². The van der Waals surface area contributed by atoms with E-state index in [2.05, 4.69) is 23.8 Å². The van der Waals surface area contributed by atoms with Gasteiger partial charge in [0.1, 0.15) is 11.6 Å². The van der Waals surface area contributed by atoms with Crippen LogP contribution in [0.2, 0.25) is 5.02 Å². The predicted octanol–water partition coefficient (Wildman–Crippen LogP) is 4.47. The highest BCUT2D eigenvalue weighted by Gasteiger charge is 2.28. The van der Waals surface area contributed by atoms with Crippen LogP contribution in [0.1, 0.15) is 38.9 Å². The number of halogens is 3. The van der Waals surface area contributed by atoms with Crippen LogP contribution >= 0.6 is 23.2 Å². The van der Waals surface area contributed by atoms with Gasteiger partial charge in [0.25, 0.3) is 0 Å². The average Bonchev–Trinajstić information content (AvgIpc) is 2.77. The van der Waals surface area contributed by atoms with Gasteiger partial charge in [-0.1, -0.05) is 11.6 Å². The van der Waals surface area contributed by atoms with Crippen LogP contribution in [0, 0.1) is 5.82 Å². The van der Waals surface area contributed by atoms with E-state index in [1.165, 1.54) is 12.5 Å². The van der Waals surface area contributed by atoms with Crippen LogP contribution in [0.5, 0.6) is 0 Å². The Labute approximate surface area is 133 Å². The van der Waals surface area contributed by atoms with Crippen LogP contribution < -0.4 is 5.01 Å². The Morgan fingerprint density at radius 2 is 1.95 bits per heavy atom. The Bertz CT molecular complexity index is 660. The van der Waals surface area contributed by atoms with Gasteiger partial charge in [0.15, 0.2) is 0 Å². The van der Waals surface area contributed by atoms with Crippen molar-refractivity contribution in [1.82, 2.24) is 9.66 Å². The lowest BCUT2D eigenvalue weighted by Crippen LogP contribution is -2.51. The number of alkyl halides is 1. The smallest absolute Gasteiger partial charge is 0.144 e. The fraction of sp³-hybridized carbons (Fsp3) is 0.533. The Kier molecular flexibility index (Phi) is 4.02. The molecule has 1 saturated heterocycles. The topological polar surface area (TPSA) is 21.1 Å². The van der Waals surface area contributed by atoms with Crippen molar-refractivity contribution >= 4 is 34.2 Å². The monoisotopic (exact) mass is 329 g/mol. The summed E-state index contributed by atoms with van der Waals surface area (Å²) in [5.74, 6) is 0.585. The Morgan fingerprint density at radius 1 is 1.29 bits per heavy atom. The van der Waals surface area contributed by atoms with E-state index < -0.39 is 5.82 Å². The van der Waals surface area contributed by atoms with Gasteiger partial charge < -0.3 is 5.01 Å². The molecular formula is C15H18Cl2FN3. The van der Waals surface area contributed by atoms with Crippen molar-refractivity contribution in [2.24, 2.45) is 0 Å². The van der Waals surface area contributed by atoms with Crippen molar-refractivity contribution in [1.29, 1.82) is 0 Å². The lowest BCUT2D eigenvalue weighted by molar-refractivity contribution is 0.337.